The number of alkyl halides is 2. The summed E-state index contributed by atoms with van der Waals surface area (Å²) < 4.78 is 22.8. The fourth-order valence-corrected chi connectivity index (χ4v) is 0.321. The molecule has 0 saturated carbocycles. The summed E-state index contributed by atoms with van der Waals surface area (Å²) in [5, 5.41) is 0. The first-order valence-corrected chi connectivity index (χ1v) is 4.26. The average molecular weight is 231 g/mol. The molecule has 64 valence electrons. The van der Waals surface area contributed by atoms with Gasteiger partial charge in [-0.2, -0.15) is 4.21 Å². The number of halogens is 2. The Balaban J connectivity index is -0.000000114. The third-order valence-electron chi connectivity index (χ3n) is 0.378. The van der Waals surface area contributed by atoms with E-state index in [0.29, 0.717) is 11.8 Å². The zero-order chi connectivity index (χ0) is 8.57. The van der Waals surface area contributed by atoms with Gasteiger partial charge in [0.05, 0.1) is 0 Å². The van der Waals surface area contributed by atoms with Crippen LogP contribution in [0.15, 0.2) is 12.2 Å². The van der Waals surface area contributed by atoms with Crippen LogP contribution in [0.25, 0.3) is 0 Å². The zero-order valence-corrected chi connectivity index (χ0v) is 7.42. The molecule has 2 N–H and O–H groups in total. The molecule has 0 spiro atoms. The number of allylic oxidation sites excluding steroid dienone is 1. The van der Waals surface area contributed by atoms with Gasteiger partial charge < -0.3 is 0 Å². The Morgan fingerprint density at radius 3 is 1.55 bits per heavy atom. The molecule has 0 atom stereocenters. The predicted molar refractivity (Wildman–Crippen MR) is 51.1 cm³/mol. The normalized spacial score (nSPS) is 7.73. The predicted octanol–water partition coefficient (Wildman–Crippen LogP) is 1.05. The van der Waals surface area contributed by atoms with Crippen molar-refractivity contribution in [2.24, 2.45) is 0 Å². The van der Waals surface area contributed by atoms with Gasteiger partial charge >= 0.3 is 29.6 Å². The van der Waals surface area contributed by atoms with Gasteiger partial charge in [0.2, 0.25) is 0 Å². The van der Waals surface area contributed by atoms with Crippen molar-refractivity contribution >= 4 is 64.1 Å². The van der Waals surface area contributed by atoms with E-state index in [1.54, 1.807) is 0 Å². The van der Waals surface area contributed by atoms with E-state index in [9.17, 15) is 0 Å². The molecule has 11 heavy (non-hydrogen) atoms. The van der Waals surface area contributed by atoms with E-state index >= 15 is 0 Å². The Kier molecular flexibility index (Phi) is 23.1. The Morgan fingerprint density at radius 1 is 1.36 bits per heavy atom. The Hall–Kier alpha value is 1.39. The van der Waals surface area contributed by atoms with Crippen molar-refractivity contribution in [1.29, 1.82) is 0 Å². The molecular formula is C4H9Cl2NaO3S. The van der Waals surface area contributed by atoms with E-state index in [1.807, 2.05) is 0 Å². The van der Waals surface area contributed by atoms with E-state index in [1.165, 1.54) is 0 Å². The van der Waals surface area contributed by atoms with Gasteiger partial charge in [0, 0.05) is 11.8 Å². The average Bonchev–Trinajstić information content (AvgIpc) is 1.85. The molecule has 0 rings (SSSR count). The fraction of sp³-hybridized carbons (Fsp3) is 0.500. The molecular weight excluding hydrogens is 222 g/mol. The van der Waals surface area contributed by atoms with Crippen LogP contribution in [0.5, 0.6) is 0 Å². The molecule has 0 aromatic rings. The van der Waals surface area contributed by atoms with Crippen LogP contribution in [0, 0.1) is 0 Å². The number of hydrogen-bond acceptors (Lipinski definition) is 1. The molecule has 0 fully saturated rings. The minimum atomic E-state index is -2.61. The maximum absolute atomic E-state index is 8.67. The number of hydrogen-bond donors (Lipinski definition) is 2. The van der Waals surface area contributed by atoms with Crippen LogP contribution in [-0.4, -0.2) is 54.6 Å². The first kappa shape index (κ1) is 18.2. The molecule has 0 bridgehead atoms. The topological polar surface area (TPSA) is 57.5 Å². The Morgan fingerprint density at radius 2 is 1.55 bits per heavy atom. The molecule has 0 amide bonds. The summed E-state index contributed by atoms with van der Waals surface area (Å²) in [4.78, 5) is 0. The molecule has 7 heteroatoms. The van der Waals surface area contributed by atoms with Gasteiger partial charge in [0.15, 0.2) is 0 Å². The summed E-state index contributed by atoms with van der Waals surface area (Å²) in [5.74, 6) is 0.951. The van der Waals surface area contributed by atoms with Gasteiger partial charge in [0.1, 0.15) is 0 Å². The van der Waals surface area contributed by atoms with Crippen molar-refractivity contribution in [3.05, 3.63) is 12.2 Å². The second kappa shape index (κ2) is 13.9. The molecule has 0 aromatic carbocycles. The van der Waals surface area contributed by atoms with E-state index in [-0.39, 0.29) is 29.6 Å². The van der Waals surface area contributed by atoms with Crippen LogP contribution in [-0.2, 0) is 11.4 Å². The van der Waals surface area contributed by atoms with Crippen LogP contribution < -0.4 is 0 Å². The molecule has 0 heterocycles. The van der Waals surface area contributed by atoms with Gasteiger partial charge in [-0.05, 0) is 5.57 Å². The molecule has 3 nitrogen and oxygen atoms in total. The van der Waals surface area contributed by atoms with Crippen LogP contribution >= 0.6 is 23.2 Å². The van der Waals surface area contributed by atoms with Crippen molar-refractivity contribution in [2.45, 2.75) is 0 Å². The standard InChI is InChI=1S/C4H6Cl2.Na.H2O3S.H/c1-4(2-5)3-6;;1-4(2)3;/h1-3H2;;(H2,1,2,3);. The summed E-state index contributed by atoms with van der Waals surface area (Å²) in [6.07, 6.45) is 0. The van der Waals surface area contributed by atoms with Crippen molar-refractivity contribution < 1.29 is 13.3 Å². The van der Waals surface area contributed by atoms with Crippen LogP contribution in [0.4, 0.5) is 0 Å². The van der Waals surface area contributed by atoms with E-state index in [4.69, 9.17) is 36.5 Å². The van der Waals surface area contributed by atoms with Gasteiger partial charge in [-0.1, -0.05) is 6.58 Å². The van der Waals surface area contributed by atoms with Crippen molar-refractivity contribution in [2.75, 3.05) is 11.8 Å². The molecule has 0 aliphatic rings. The molecule has 0 unspecified atom stereocenters. The quantitative estimate of drug-likeness (QED) is 0.323. The Labute approximate surface area is 101 Å². The van der Waals surface area contributed by atoms with E-state index in [2.05, 4.69) is 6.58 Å². The van der Waals surface area contributed by atoms with Crippen LogP contribution in [0.1, 0.15) is 0 Å². The molecule has 0 saturated heterocycles. The summed E-state index contributed by atoms with van der Waals surface area (Å²) in [7, 11) is 0. The summed E-state index contributed by atoms with van der Waals surface area (Å²) in [6, 6.07) is 0. The summed E-state index contributed by atoms with van der Waals surface area (Å²) >= 11 is 7.93. The molecule has 0 aliphatic carbocycles. The first-order chi connectivity index (χ1) is 4.54. The van der Waals surface area contributed by atoms with Gasteiger partial charge in [-0.15, -0.1) is 23.2 Å². The van der Waals surface area contributed by atoms with Gasteiger partial charge in [-0.3, -0.25) is 9.11 Å². The molecule has 0 radical (unpaired) electrons. The second-order valence-electron chi connectivity index (χ2n) is 1.25. The maximum atomic E-state index is 8.67. The SMILES string of the molecule is C=C(CCl)CCl.O=S(O)O.[NaH]. The van der Waals surface area contributed by atoms with Gasteiger partial charge in [-0.25, -0.2) is 0 Å². The first-order valence-electron chi connectivity index (χ1n) is 2.13. The van der Waals surface area contributed by atoms with E-state index in [0.717, 1.165) is 5.57 Å². The second-order valence-corrected chi connectivity index (χ2v) is 2.24. The van der Waals surface area contributed by atoms with Crippen LogP contribution in [0.2, 0.25) is 0 Å². The van der Waals surface area contributed by atoms with Crippen LogP contribution in [0.3, 0.4) is 0 Å². The molecule has 0 aliphatic heterocycles. The third kappa shape index (κ3) is 34.6. The minimum absolute atomic E-state index is 0. The fourth-order valence-electron chi connectivity index (χ4n) is 0.0357. The van der Waals surface area contributed by atoms with Gasteiger partial charge in [0.25, 0.3) is 11.4 Å². The van der Waals surface area contributed by atoms with Crippen molar-refractivity contribution in [3.8, 4) is 0 Å². The Bertz CT molecular complexity index is 112. The molecule has 0 aromatic heterocycles. The zero-order valence-electron chi connectivity index (χ0n) is 5.09. The third-order valence-corrected chi connectivity index (χ3v) is 1.13. The monoisotopic (exact) mass is 230 g/mol. The van der Waals surface area contributed by atoms with E-state index < -0.39 is 11.4 Å². The number of rotatable bonds is 2. The summed E-state index contributed by atoms with van der Waals surface area (Å²) in [6.45, 7) is 3.53. The summed E-state index contributed by atoms with van der Waals surface area (Å²) in [5.41, 5.74) is 0.873. The van der Waals surface area contributed by atoms with Crippen molar-refractivity contribution in [1.82, 2.24) is 0 Å². The van der Waals surface area contributed by atoms with Crippen molar-refractivity contribution in [3.63, 3.8) is 0 Å².